The fourth-order valence-electron chi connectivity index (χ4n) is 1.63. The van der Waals surface area contributed by atoms with Gasteiger partial charge in [0.2, 0.25) is 0 Å². The number of methoxy groups -OCH3 is 1. The Kier molecular flexibility index (Phi) is 4.06. The van der Waals surface area contributed by atoms with Crippen molar-refractivity contribution in [1.29, 1.82) is 0 Å². The van der Waals surface area contributed by atoms with E-state index in [4.69, 9.17) is 9.47 Å². The maximum absolute atomic E-state index is 5.52. The second-order valence-corrected chi connectivity index (χ2v) is 3.73. The van der Waals surface area contributed by atoms with Crippen molar-refractivity contribution < 1.29 is 9.47 Å². The molecule has 0 atom stereocenters. The summed E-state index contributed by atoms with van der Waals surface area (Å²) in [5.41, 5.74) is 2.01. The molecule has 0 aliphatic heterocycles. The highest BCUT2D eigenvalue weighted by Gasteiger charge is 2.05. The van der Waals surface area contributed by atoms with Gasteiger partial charge in [0.15, 0.2) is 11.5 Å². The smallest absolute Gasteiger partial charge is 0.163 e. The lowest BCUT2D eigenvalue weighted by Crippen LogP contribution is -2.01. The molecule has 0 bridgehead atoms. The van der Waals surface area contributed by atoms with Crippen LogP contribution in [0.4, 0.5) is 5.69 Å². The fraction of sp³-hybridized carbons (Fsp3) is 0.308. The minimum absolute atomic E-state index is 0.611. The minimum atomic E-state index is 0.611. The van der Waals surface area contributed by atoms with E-state index in [-0.39, 0.29) is 0 Å². The molecule has 5 nitrogen and oxygen atoms in total. The first-order valence-corrected chi connectivity index (χ1v) is 5.85. The van der Waals surface area contributed by atoms with Gasteiger partial charge in [-0.1, -0.05) is 0 Å². The van der Waals surface area contributed by atoms with Gasteiger partial charge in [-0.25, -0.2) is 4.98 Å². The largest absolute Gasteiger partial charge is 0.493 e. The van der Waals surface area contributed by atoms with Gasteiger partial charge in [-0.05, 0) is 19.1 Å². The van der Waals surface area contributed by atoms with Gasteiger partial charge in [0.05, 0.1) is 32.3 Å². The number of hydrogen-bond donors (Lipinski definition) is 2. The molecule has 0 saturated carbocycles. The summed E-state index contributed by atoms with van der Waals surface area (Å²) in [5, 5.41) is 3.29. The summed E-state index contributed by atoms with van der Waals surface area (Å²) in [4.78, 5) is 7.01. The van der Waals surface area contributed by atoms with Crippen LogP contribution in [0.3, 0.4) is 0 Å². The Morgan fingerprint density at radius 1 is 1.33 bits per heavy atom. The van der Waals surface area contributed by atoms with Gasteiger partial charge in [0.1, 0.15) is 0 Å². The summed E-state index contributed by atoms with van der Waals surface area (Å²) < 4.78 is 10.8. The van der Waals surface area contributed by atoms with Gasteiger partial charge < -0.3 is 19.8 Å². The molecule has 0 unspecified atom stereocenters. The average molecular weight is 247 g/mol. The summed E-state index contributed by atoms with van der Waals surface area (Å²) in [6, 6.07) is 5.77. The van der Waals surface area contributed by atoms with Crippen LogP contribution in [0.15, 0.2) is 30.7 Å². The molecule has 1 heterocycles. The number of imidazole rings is 1. The predicted octanol–water partition coefficient (Wildman–Crippen LogP) is 2.43. The van der Waals surface area contributed by atoms with Crippen LogP contribution < -0.4 is 14.8 Å². The van der Waals surface area contributed by atoms with Crippen molar-refractivity contribution in [1.82, 2.24) is 9.97 Å². The van der Waals surface area contributed by atoms with E-state index in [2.05, 4.69) is 15.3 Å². The molecule has 2 aromatic rings. The van der Waals surface area contributed by atoms with Crippen molar-refractivity contribution in [2.45, 2.75) is 13.5 Å². The van der Waals surface area contributed by atoms with E-state index in [0.717, 1.165) is 22.9 Å². The number of hydrogen-bond acceptors (Lipinski definition) is 4. The first-order valence-electron chi connectivity index (χ1n) is 5.85. The topological polar surface area (TPSA) is 59.2 Å². The van der Waals surface area contributed by atoms with Gasteiger partial charge in [-0.15, -0.1) is 0 Å². The van der Waals surface area contributed by atoms with Crippen LogP contribution in [0.1, 0.15) is 12.6 Å². The second-order valence-electron chi connectivity index (χ2n) is 3.73. The molecule has 0 spiro atoms. The van der Waals surface area contributed by atoms with Crippen molar-refractivity contribution in [2.24, 2.45) is 0 Å². The Labute approximate surface area is 106 Å². The Hall–Kier alpha value is -2.17. The molecule has 5 heteroatoms. The molecule has 96 valence electrons. The number of benzene rings is 1. The maximum atomic E-state index is 5.52. The van der Waals surface area contributed by atoms with Crippen LogP contribution in [0.25, 0.3) is 0 Å². The Balaban J connectivity index is 2.06. The van der Waals surface area contributed by atoms with Gasteiger partial charge >= 0.3 is 0 Å². The molecule has 18 heavy (non-hydrogen) atoms. The van der Waals surface area contributed by atoms with Crippen LogP contribution in [-0.2, 0) is 6.54 Å². The standard InChI is InChI=1S/C13H17N3O2/c1-3-18-13-6-10(4-5-12(13)17-2)15-8-11-7-14-9-16-11/h4-7,9,15H,3,8H2,1-2H3,(H,14,16). The zero-order valence-corrected chi connectivity index (χ0v) is 10.6. The lowest BCUT2D eigenvalue weighted by Gasteiger charge is -2.12. The number of aromatic nitrogens is 2. The van der Waals surface area contributed by atoms with Crippen LogP contribution in [-0.4, -0.2) is 23.7 Å². The Morgan fingerprint density at radius 3 is 2.89 bits per heavy atom. The van der Waals surface area contributed by atoms with Crippen molar-refractivity contribution in [3.8, 4) is 11.5 Å². The number of nitrogens with one attached hydrogen (secondary N) is 2. The molecule has 0 radical (unpaired) electrons. The first-order chi connectivity index (χ1) is 8.83. The zero-order valence-electron chi connectivity index (χ0n) is 10.6. The molecule has 2 rings (SSSR count). The van der Waals surface area contributed by atoms with Crippen molar-refractivity contribution in [2.75, 3.05) is 19.0 Å². The first kappa shape index (κ1) is 12.3. The molecular formula is C13H17N3O2. The number of rotatable bonds is 6. The molecule has 0 amide bonds. The number of nitrogens with zero attached hydrogens (tertiary/aromatic N) is 1. The van der Waals surface area contributed by atoms with Crippen molar-refractivity contribution in [3.05, 3.63) is 36.4 Å². The number of H-pyrrole nitrogens is 1. The fourth-order valence-corrected chi connectivity index (χ4v) is 1.63. The van der Waals surface area contributed by atoms with Gasteiger partial charge in [-0.2, -0.15) is 0 Å². The molecule has 0 fully saturated rings. The lowest BCUT2D eigenvalue weighted by atomic mass is 10.2. The highest BCUT2D eigenvalue weighted by atomic mass is 16.5. The minimum Gasteiger partial charge on any atom is -0.493 e. The molecule has 0 aliphatic rings. The maximum Gasteiger partial charge on any atom is 0.163 e. The van der Waals surface area contributed by atoms with Crippen LogP contribution in [0.5, 0.6) is 11.5 Å². The van der Waals surface area contributed by atoms with E-state index in [0.29, 0.717) is 13.2 Å². The Morgan fingerprint density at radius 2 is 2.22 bits per heavy atom. The summed E-state index contributed by atoms with van der Waals surface area (Å²) in [6.45, 7) is 3.25. The van der Waals surface area contributed by atoms with E-state index in [1.165, 1.54) is 0 Å². The molecule has 2 N–H and O–H groups in total. The van der Waals surface area contributed by atoms with E-state index >= 15 is 0 Å². The quantitative estimate of drug-likeness (QED) is 0.823. The van der Waals surface area contributed by atoms with E-state index < -0.39 is 0 Å². The molecule has 0 saturated heterocycles. The Bertz CT molecular complexity index is 483. The van der Waals surface area contributed by atoms with Crippen LogP contribution >= 0.6 is 0 Å². The predicted molar refractivity (Wildman–Crippen MR) is 70.1 cm³/mol. The SMILES string of the molecule is CCOc1cc(NCc2cnc[nH]2)ccc1OC. The van der Waals surface area contributed by atoms with Gasteiger partial charge in [0.25, 0.3) is 0 Å². The molecular weight excluding hydrogens is 230 g/mol. The lowest BCUT2D eigenvalue weighted by molar-refractivity contribution is 0.311. The van der Waals surface area contributed by atoms with Crippen molar-refractivity contribution in [3.63, 3.8) is 0 Å². The van der Waals surface area contributed by atoms with Crippen molar-refractivity contribution >= 4 is 5.69 Å². The molecule has 1 aromatic carbocycles. The average Bonchev–Trinajstić information content (AvgIpc) is 2.90. The summed E-state index contributed by atoms with van der Waals surface area (Å²) in [6.07, 6.45) is 3.45. The third-order valence-corrected chi connectivity index (χ3v) is 2.50. The van der Waals surface area contributed by atoms with Crippen LogP contribution in [0.2, 0.25) is 0 Å². The van der Waals surface area contributed by atoms with Gasteiger partial charge in [0, 0.05) is 18.0 Å². The van der Waals surface area contributed by atoms with E-state index in [1.54, 1.807) is 19.6 Å². The van der Waals surface area contributed by atoms with Crippen LogP contribution in [0, 0.1) is 0 Å². The highest BCUT2D eigenvalue weighted by molar-refractivity contribution is 5.54. The van der Waals surface area contributed by atoms with Gasteiger partial charge in [-0.3, -0.25) is 0 Å². The van der Waals surface area contributed by atoms with E-state index in [1.807, 2.05) is 25.1 Å². The number of aromatic amines is 1. The number of anilines is 1. The summed E-state index contributed by atoms with van der Waals surface area (Å²) >= 11 is 0. The monoisotopic (exact) mass is 247 g/mol. The summed E-state index contributed by atoms with van der Waals surface area (Å²) in [7, 11) is 1.63. The highest BCUT2D eigenvalue weighted by Crippen LogP contribution is 2.30. The second kappa shape index (κ2) is 5.95. The zero-order chi connectivity index (χ0) is 12.8. The third-order valence-electron chi connectivity index (χ3n) is 2.50. The number of ether oxygens (including phenoxy) is 2. The molecule has 0 aliphatic carbocycles. The third kappa shape index (κ3) is 2.94. The van der Waals surface area contributed by atoms with E-state index in [9.17, 15) is 0 Å². The normalized spacial score (nSPS) is 10.1. The summed E-state index contributed by atoms with van der Waals surface area (Å²) in [5.74, 6) is 1.48. The molecule has 1 aromatic heterocycles.